The molecule has 0 amide bonds. The monoisotopic (exact) mass is 377 g/mol. The molecule has 3 N–H and O–H groups in total. The summed E-state index contributed by atoms with van der Waals surface area (Å²) in [5, 5.41) is 9.40. The fraction of sp³-hybridized carbons (Fsp3) is 0.455. The molecule has 3 nitrogen and oxygen atoms in total. The minimum Gasteiger partial charge on any atom is -0.494 e. The molecule has 0 unspecified atom stereocenters. The largest absolute Gasteiger partial charge is 0.494 e. The summed E-state index contributed by atoms with van der Waals surface area (Å²) in [6.07, 6.45) is 4.89. The van der Waals surface area contributed by atoms with Crippen LogP contribution in [0.2, 0.25) is 0 Å². The molecule has 144 valence electrons. The van der Waals surface area contributed by atoms with Crippen LogP contribution in [-0.4, -0.2) is 23.9 Å². The van der Waals surface area contributed by atoms with E-state index in [1.165, 1.54) is 11.1 Å². The molecule has 0 heterocycles. The van der Waals surface area contributed by atoms with Gasteiger partial charge in [0.25, 0.3) is 0 Å². The van der Waals surface area contributed by atoms with Gasteiger partial charge in [0.15, 0.2) is 0 Å². The Kier molecular flexibility index (Phi) is 9.14. The van der Waals surface area contributed by atoms with Gasteiger partial charge in [-0.3, -0.25) is 0 Å². The zero-order valence-corrected chi connectivity index (χ0v) is 15.4. The Labute approximate surface area is 164 Å². The SMILES string of the molecule is C.Cl.N[C@]1(CO)CC[C@H](c2ccc(CCCOc3ccccc3)cc2)C1. The summed E-state index contributed by atoms with van der Waals surface area (Å²) < 4.78 is 5.73. The smallest absolute Gasteiger partial charge is 0.119 e. The second-order valence-electron chi connectivity index (χ2n) is 6.97. The van der Waals surface area contributed by atoms with Crippen molar-refractivity contribution in [3.8, 4) is 5.75 Å². The van der Waals surface area contributed by atoms with Crippen molar-refractivity contribution in [2.75, 3.05) is 13.2 Å². The van der Waals surface area contributed by atoms with Gasteiger partial charge in [0.1, 0.15) is 5.75 Å². The van der Waals surface area contributed by atoms with Crippen LogP contribution in [0.25, 0.3) is 0 Å². The van der Waals surface area contributed by atoms with E-state index in [1.54, 1.807) is 0 Å². The van der Waals surface area contributed by atoms with Crippen LogP contribution in [0.4, 0.5) is 0 Å². The average molecular weight is 378 g/mol. The summed E-state index contributed by atoms with van der Waals surface area (Å²) in [4.78, 5) is 0. The highest BCUT2D eigenvalue weighted by Gasteiger charge is 2.35. The van der Waals surface area contributed by atoms with Gasteiger partial charge in [0.05, 0.1) is 13.2 Å². The van der Waals surface area contributed by atoms with Gasteiger partial charge >= 0.3 is 0 Å². The van der Waals surface area contributed by atoms with Crippen molar-refractivity contribution in [3.05, 3.63) is 65.7 Å². The van der Waals surface area contributed by atoms with Gasteiger partial charge in [-0.15, -0.1) is 12.4 Å². The van der Waals surface area contributed by atoms with Crippen LogP contribution >= 0.6 is 12.4 Å². The van der Waals surface area contributed by atoms with Gasteiger partial charge in [-0.25, -0.2) is 0 Å². The van der Waals surface area contributed by atoms with Crippen LogP contribution in [0.15, 0.2) is 54.6 Å². The predicted octanol–water partition coefficient (Wildman–Crippen LogP) is 4.71. The number of aliphatic hydroxyl groups is 1. The van der Waals surface area contributed by atoms with E-state index in [-0.39, 0.29) is 32.0 Å². The first-order chi connectivity index (χ1) is 11.7. The lowest BCUT2D eigenvalue weighted by atomic mass is 9.93. The summed E-state index contributed by atoms with van der Waals surface area (Å²) in [5.41, 5.74) is 8.49. The molecule has 0 bridgehead atoms. The van der Waals surface area contributed by atoms with Crippen molar-refractivity contribution >= 4 is 12.4 Å². The van der Waals surface area contributed by atoms with E-state index in [2.05, 4.69) is 24.3 Å². The average Bonchev–Trinajstić information content (AvgIpc) is 3.03. The van der Waals surface area contributed by atoms with E-state index in [1.807, 2.05) is 30.3 Å². The van der Waals surface area contributed by atoms with Gasteiger partial charge in [0.2, 0.25) is 0 Å². The maximum absolute atomic E-state index is 9.40. The van der Waals surface area contributed by atoms with Crippen LogP contribution in [0.5, 0.6) is 5.75 Å². The molecule has 0 aliphatic heterocycles. The Hall–Kier alpha value is -1.55. The van der Waals surface area contributed by atoms with Crippen LogP contribution in [-0.2, 0) is 6.42 Å². The first-order valence-corrected chi connectivity index (χ1v) is 8.85. The van der Waals surface area contributed by atoms with Gasteiger partial charge < -0.3 is 15.6 Å². The maximum atomic E-state index is 9.40. The van der Waals surface area contributed by atoms with Crippen molar-refractivity contribution in [1.29, 1.82) is 0 Å². The third kappa shape index (κ3) is 6.01. The first kappa shape index (κ1) is 22.5. The number of para-hydroxylation sites is 1. The zero-order valence-electron chi connectivity index (χ0n) is 14.6. The number of aryl methyl sites for hydroxylation is 1. The molecule has 1 aliphatic rings. The molecule has 0 aromatic heterocycles. The van der Waals surface area contributed by atoms with Crippen molar-refractivity contribution < 1.29 is 9.84 Å². The maximum Gasteiger partial charge on any atom is 0.119 e. The number of ether oxygens (including phenoxy) is 1. The Balaban J connectivity index is 0.00000169. The molecule has 2 aromatic carbocycles. The lowest BCUT2D eigenvalue weighted by Crippen LogP contribution is -2.40. The van der Waals surface area contributed by atoms with Gasteiger partial charge in [-0.05, 0) is 61.3 Å². The number of hydrogen-bond acceptors (Lipinski definition) is 3. The lowest BCUT2D eigenvalue weighted by molar-refractivity contribution is 0.198. The van der Waals surface area contributed by atoms with Gasteiger partial charge in [-0.2, -0.15) is 0 Å². The molecule has 3 rings (SSSR count). The number of benzene rings is 2. The highest BCUT2D eigenvalue weighted by molar-refractivity contribution is 5.85. The number of aliphatic hydroxyl groups excluding tert-OH is 1. The van der Waals surface area contributed by atoms with Crippen LogP contribution < -0.4 is 10.5 Å². The third-order valence-electron chi connectivity index (χ3n) is 5.03. The number of hydrogen-bond donors (Lipinski definition) is 2. The standard InChI is InChI=1S/C21H27NO2.CH4.ClH/c22-21(16-23)13-12-19(15-21)18-10-8-17(9-11-18)5-4-14-24-20-6-2-1-3-7-20;;/h1-3,6-11,19,23H,4-5,12-16,22H2;1H4;1H/t19-,21+;;/m0../s1. The van der Waals surface area contributed by atoms with E-state index in [9.17, 15) is 5.11 Å². The minimum absolute atomic E-state index is 0. The van der Waals surface area contributed by atoms with E-state index in [0.717, 1.165) is 44.5 Å². The molecule has 1 aliphatic carbocycles. The molecule has 1 saturated carbocycles. The number of halogens is 1. The van der Waals surface area contributed by atoms with Crippen LogP contribution in [0.1, 0.15) is 50.2 Å². The summed E-state index contributed by atoms with van der Waals surface area (Å²) in [5.74, 6) is 1.42. The second-order valence-corrected chi connectivity index (χ2v) is 6.97. The van der Waals surface area contributed by atoms with Crippen molar-refractivity contribution in [3.63, 3.8) is 0 Å². The molecular weight excluding hydrogens is 346 g/mol. The highest BCUT2D eigenvalue weighted by atomic mass is 35.5. The van der Waals surface area contributed by atoms with Gasteiger partial charge in [-0.1, -0.05) is 49.9 Å². The Morgan fingerprint density at radius 3 is 2.38 bits per heavy atom. The summed E-state index contributed by atoms with van der Waals surface area (Å²) in [6.45, 7) is 0.823. The molecule has 4 heteroatoms. The molecule has 2 aromatic rings. The van der Waals surface area contributed by atoms with Crippen LogP contribution in [0.3, 0.4) is 0 Å². The topological polar surface area (TPSA) is 55.5 Å². The molecule has 2 atom stereocenters. The van der Waals surface area contributed by atoms with E-state index in [0.29, 0.717) is 5.92 Å². The van der Waals surface area contributed by atoms with Gasteiger partial charge in [0, 0.05) is 5.54 Å². The normalized spacial score (nSPS) is 21.5. The zero-order chi connectivity index (χ0) is 16.8. The first-order valence-electron chi connectivity index (χ1n) is 8.85. The summed E-state index contributed by atoms with van der Waals surface area (Å²) in [7, 11) is 0. The third-order valence-corrected chi connectivity index (χ3v) is 5.03. The second kappa shape index (κ2) is 10.6. The van der Waals surface area contributed by atoms with Crippen molar-refractivity contribution in [2.24, 2.45) is 5.73 Å². The molecule has 0 saturated heterocycles. The fourth-order valence-electron chi connectivity index (χ4n) is 3.52. The van der Waals surface area contributed by atoms with Crippen molar-refractivity contribution in [1.82, 2.24) is 0 Å². The molecular formula is C22H32ClNO2. The molecule has 1 fully saturated rings. The predicted molar refractivity (Wildman–Crippen MR) is 111 cm³/mol. The van der Waals surface area contributed by atoms with E-state index < -0.39 is 0 Å². The Morgan fingerprint density at radius 1 is 1.08 bits per heavy atom. The Morgan fingerprint density at radius 2 is 1.77 bits per heavy atom. The highest BCUT2D eigenvalue weighted by Crippen LogP contribution is 2.39. The summed E-state index contributed by atoms with van der Waals surface area (Å²) in [6, 6.07) is 18.8. The molecule has 0 spiro atoms. The number of nitrogens with two attached hydrogens (primary N) is 1. The molecule has 0 radical (unpaired) electrons. The quantitative estimate of drug-likeness (QED) is 0.687. The van der Waals surface area contributed by atoms with E-state index in [4.69, 9.17) is 10.5 Å². The van der Waals surface area contributed by atoms with Crippen LogP contribution in [0, 0.1) is 0 Å². The summed E-state index contributed by atoms with van der Waals surface area (Å²) >= 11 is 0. The lowest BCUT2D eigenvalue weighted by Gasteiger charge is -2.21. The minimum atomic E-state index is -0.377. The Bertz CT molecular complexity index is 632. The van der Waals surface area contributed by atoms with Crippen molar-refractivity contribution in [2.45, 2.75) is 51.0 Å². The number of rotatable bonds is 7. The van der Waals surface area contributed by atoms with E-state index >= 15 is 0 Å². The fourth-order valence-corrected chi connectivity index (χ4v) is 3.52. The molecule has 26 heavy (non-hydrogen) atoms.